The zero-order valence-electron chi connectivity index (χ0n) is 9.90. The molecule has 0 heterocycles. The summed E-state index contributed by atoms with van der Waals surface area (Å²) >= 11 is 2.14. The van der Waals surface area contributed by atoms with Crippen molar-refractivity contribution in [3.63, 3.8) is 0 Å². The SMILES string of the molecule is COC(=O)/C=C(\Nc1cccc(I)c1)C(=O)OC. The third-order valence-corrected chi connectivity index (χ3v) is 2.64. The minimum Gasteiger partial charge on any atom is -0.466 e. The Morgan fingerprint density at radius 1 is 1.28 bits per heavy atom. The van der Waals surface area contributed by atoms with Crippen LogP contribution in [-0.2, 0) is 19.1 Å². The monoisotopic (exact) mass is 361 g/mol. The first-order chi connectivity index (χ1) is 8.56. The number of hydrogen-bond donors (Lipinski definition) is 1. The van der Waals surface area contributed by atoms with E-state index in [2.05, 4.69) is 37.4 Å². The smallest absolute Gasteiger partial charge is 0.354 e. The molecule has 0 aliphatic heterocycles. The van der Waals surface area contributed by atoms with Crippen molar-refractivity contribution >= 4 is 40.2 Å². The van der Waals surface area contributed by atoms with Crippen molar-refractivity contribution in [2.24, 2.45) is 0 Å². The molecule has 0 spiro atoms. The van der Waals surface area contributed by atoms with Gasteiger partial charge in [-0.1, -0.05) is 6.07 Å². The molecule has 0 saturated heterocycles. The van der Waals surface area contributed by atoms with Crippen molar-refractivity contribution in [1.82, 2.24) is 0 Å². The van der Waals surface area contributed by atoms with E-state index in [0.29, 0.717) is 5.69 Å². The van der Waals surface area contributed by atoms with Crippen LogP contribution in [-0.4, -0.2) is 26.2 Å². The van der Waals surface area contributed by atoms with Crippen molar-refractivity contribution in [3.8, 4) is 0 Å². The average molecular weight is 361 g/mol. The third kappa shape index (κ3) is 4.36. The van der Waals surface area contributed by atoms with Crippen molar-refractivity contribution in [2.45, 2.75) is 0 Å². The molecule has 5 nitrogen and oxygen atoms in total. The van der Waals surface area contributed by atoms with Gasteiger partial charge >= 0.3 is 11.9 Å². The third-order valence-electron chi connectivity index (χ3n) is 1.97. The maximum absolute atomic E-state index is 11.5. The molecule has 0 aliphatic rings. The summed E-state index contributed by atoms with van der Waals surface area (Å²) in [6, 6.07) is 7.34. The molecule has 1 aromatic carbocycles. The zero-order valence-corrected chi connectivity index (χ0v) is 12.1. The Kier molecular flexibility index (Phi) is 5.63. The summed E-state index contributed by atoms with van der Waals surface area (Å²) in [6.45, 7) is 0. The van der Waals surface area contributed by atoms with Crippen LogP contribution in [0.2, 0.25) is 0 Å². The summed E-state index contributed by atoms with van der Waals surface area (Å²) in [5.74, 6) is -1.27. The predicted octanol–water partition coefficient (Wildman–Crippen LogP) is 1.93. The maximum atomic E-state index is 11.5. The molecule has 1 aromatic rings. The molecule has 0 aliphatic carbocycles. The van der Waals surface area contributed by atoms with Crippen LogP contribution in [0.4, 0.5) is 5.69 Å². The average Bonchev–Trinajstić information content (AvgIpc) is 2.36. The second-order valence-corrected chi connectivity index (χ2v) is 4.45. The van der Waals surface area contributed by atoms with Gasteiger partial charge in [0.15, 0.2) is 0 Å². The summed E-state index contributed by atoms with van der Waals surface area (Å²) in [5, 5.41) is 2.82. The Morgan fingerprint density at radius 3 is 2.56 bits per heavy atom. The van der Waals surface area contributed by atoms with Gasteiger partial charge in [-0.15, -0.1) is 0 Å². The Hall–Kier alpha value is -1.57. The fraction of sp³-hybridized carbons (Fsp3) is 0.167. The van der Waals surface area contributed by atoms with Gasteiger partial charge in [0, 0.05) is 9.26 Å². The van der Waals surface area contributed by atoms with E-state index in [9.17, 15) is 9.59 Å². The number of carbonyl (C=O) groups excluding carboxylic acids is 2. The molecule has 0 bridgehead atoms. The van der Waals surface area contributed by atoms with E-state index in [-0.39, 0.29) is 5.70 Å². The molecule has 0 unspecified atom stereocenters. The lowest BCUT2D eigenvalue weighted by molar-refractivity contribution is -0.138. The highest BCUT2D eigenvalue weighted by molar-refractivity contribution is 14.1. The standard InChI is InChI=1S/C12H12INO4/c1-17-11(15)7-10(12(16)18-2)14-9-5-3-4-8(13)6-9/h3-7,14H,1-2H3/b10-7-. The molecular formula is C12H12INO4. The largest absolute Gasteiger partial charge is 0.466 e. The molecule has 0 radical (unpaired) electrons. The molecule has 0 saturated carbocycles. The second kappa shape index (κ2) is 7.00. The molecule has 0 fully saturated rings. The predicted molar refractivity (Wildman–Crippen MR) is 74.9 cm³/mol. The normalized spacial score (nSPS) is 10.7. The minimum atomic E-state index is -0.640. The molecule has 0 atom stereocenters. The van der Waals surface area contributed by atoms with E-state index < -0.39 is 11.9 Å². The molecular weight excluding hydrogens is 349 g/mol. The van der Waals surface area contributed by atoms with Gasteiger partial charge in [-0.3, -0.25) is 0 Å². The number of benzene rings is 1. The van der Waals surface area contributed by atoms with Gasteiger partial charge in [0.05, 0.1) is 20.3 Å². The van der Waals surface area contributed by atoms with E-state index in [0.717, 1.165) is 9.65 Å². The van der Waals surface area contributed by atoms with Crippen LogP contribution in [0.3, 0.4) is 0 Å². The fourth-order valence-electron chi connectivity index (χ4n) is 1.15. The van der Waals surface area contributed by atoms with Gasteiger partial charge in [0.2, 0.25) is 0 Å². The van der Waals surface area contributed by atoms with Gasteiger partial charge in [-0.2, -0.15) is 0 Å². The summed E-state index contributed by atoms with van der Waals surface area (Å²) in [7, 11) is 2.48. The molecule has 18 heavy (non-hydrogen) atoms. The fourth-order valence-corrected chi connectivity index (χ4v) is 1.70. The van der Waals surface area contributed by atoms with Gasteiger partial charge in [-0.25, -0.2) is 9.59 Å². The van der Waals surface area contributed by atoms with Crippen LogP contribution >= 0.6 is 22.6 Å². The van der Waals surface area contributed by atoms with Crippen molar-refractivity contribution in [2.75, 3.05) is 19.5 Å². The number of methoxy groups -OCH3 is 2. The number of esters is 2. The number of anilines is 1. The van der Waals surface area contributed by atoms with Gasteiger partial charge in [0.1, 0.15) is 5.70 Å². The summed E-state index contributed by atoms with van der Waals surface area (Å²) in [6.07, 6.45) is 1.05. The number of rotatable bonds is 4. The Labute approximate surface area is 118 Å². The first-order valence-electron chi connectivity index (χ1n) is 4.97. The lowest BCUT2D eigenvalue weighted by Gasteiger charge is -2.09. The molecule has 1 rings (SSSR count). The molecule has 0 aromatic heterocycles. The van der Waals surface area contributed by atoms with Crippen molar-refractivity contribution < 1.29 is 19.1 Å². The van der Waals surface area contributed by atoms with E-state index in [4.69, 9.17) is 0 Å². The van der Waals surface area contributed by atoms with Crippen molar-refractivity contribution in [3.05, 3.63) is 39.6 Å². The Bertz CT molecular complexity index is 485. The van der Waals surface area contributed by atoms with E-state index >= 15 is 0 Å². The van der Waals surface area contributed by atoms with Gasteiger partial charge in [0.25, 0.3) is 0 Å². The highest BCUT2D eigenvalue weighted by Crippen LogP contribution is 2.15. The number of hydrogen-bond acceptors (Lipinski definition) is 5. The van der Waals surface area contributed by atoms with Crippen LogP contribution in [0.5, 0.6) is 0 Å². The first kappa shape index (κ1) is 14.5. The Balaban J connectivity index is 2.95. The molecule has 0 amide bonds. The highest BCUT2D eigenvalue weighted by Gasteiger charge is 2.12. The van der Waals surface area contributed by atoms with Gasteiger partial charge in [-0.05, 0) is 40.8 Å². The number of nitrogens with one attached hydrogen (secondary N) is 1. The van der Waals surface area contributed by atoms with E-state index in [1.165, 1.54) is 14.2 Å². The zero-order chi connectivity index (χ0) is 13.5. The number of carbonyl (C=O) groups is 2. The lowest BCUT2D eigenvalue weighted by atomic mass is 10.3. The topological polar surface area (TPSA) is 64.6 Å². The van der Waals surface area contributed by atoms with E-state index in [1.54, 1.807) is 6.07 Å². The number of ether oxygens (including phenoxy) is 2. The Morgan fingerprint density at radius 2 is 2.00 bits per heavy atom. The number of halogens is 1. The van der Waals surface area contributed by atoms with Crippen LogP contribution in [0.25, 0.3) is 0 Å². The van der Waals surface area contributed by atoms with Crippen LogP contribution < -0.4 is 5.32 Å². The molecule has 1 N–H and O–H groups in total. The maximum Gasteiger partial charge on any atom is 0.354 e. The van der Waals surface area contributed by atoms with Gasteiger partial charge < -0.3 is 14.8 Å². The minimum absolute atomic E-state index is 0.0198. The molecule has 96 valence electrons. The van der Waals surface area contributed by atoms with E-state index in [1.807, 2.05) is 18.2 Å². The summed E-state index contributed by atoms with van der Waals surface area (Å²) in [4.78, 5) is 22.6. The summed E-state index contributed by atoms with van der Waals surface area (Å²) in [5.41, 5.74) is 0.703. The second-order valence-electron chi connectivity index (χ2n) is 3.21. The highest BCUT2D eigenvalue weighted by atomic mass is 127. The van der Waals surface area contributed by atoms with Crippen LogP contribution in [0.1, 0.15) is 0 Å². The van der Waals surface area contributed by atoms with Crippen LogP contribution in [0, 0.1) is 3.57 Å². The summed E-state index contributed by atoms with van der Waals surface area (Å²) < 4.78 is 10.1. The van der Waals surface area contributed by atoms with Crippen LogP contribution in [0.15, 0.2) is 36.0 Å². The lowest BCUT2D eigenvalue weighted by Crippen LogP contribution is -2.15. The van der Waals surface area contributed by atoms with Crippen molar-refractivity contribution in [1.29, 1.82) is 0 Å². The quantitative estimate of drug-likeness (QED) is 0.505. The first-order valence-corrected chi connectivity index (χ1v) is 6.05. The molecule has 6 heteroatoms.